The summed E-state index contributed by atoms with van der Waals surface area (Å²) in [6.45, 7) is 2.84. The van der Waals surface area contributed by atoms with E-state index >= 15 is 0 Å². The SMILES string of the molecule is CC(C[NH])C1CCCC1. The minimum Gasteiger partial charge on any atom is -0.258 e. The minimum atomic E-state index is 0.630. The number of hydrogen-bond acceptors (Lipinski definition) is 0. The third-order valence-corrected chi connectivity index (χ3v) is 2.53. The van der Waals surface area contributed by atoms with Gasteiger partial charge in [0, 0.05) is 6.54 Å². The Bertz CT molecular complexity index is 74.6. The lowest BCUT2D eigenvalue weighted by atomic mass is 9.93. The van der Waals surface area contributed by atoms with E-state index in [0.717, 1.165) is 5.92 Å². The summed E-state index contributed by atoms with van der Waals surface area (Å²) < 4.78 is 0. The number of hydrogen-bond donors (Lipinski definition) is 0. The van der Waals surface area contributed by atoms with Gasteiger partial charge in [0.25, 0.3) is 0 Å². The summed E-state index contributed by atoms with van der Waals surface area (Å²) in [7, 11) is 0. The molecule has 1 aliphatic rings. The normalized spacial score (nSPS) is 24.7. The molecule has 1 rings (SSSR count). The van der Waals surface area contributed by atoms with Crippen molar-refractivity contribution in [2.75, 3.05) is 6.54 Å². The Labute approximate surface area is 57.6 Å². The van der Waals surface area contributed by atoms with E-state index in [0.29, 0.717) is 12.5 Å². The summed E-state index contributed by atoms with van der Waals surface area (Å²) in [5.74, 6) is 1.55. The molecule has 1 saturated carbocycles. The second kappa shape index (κ2) is 3.21. The van der Waals surface area contributed by atoms with Crippen molar-refractivity contribution in [3.05, 3.63) is 0 Å². The molecule has 1 fully saturated rings. The standard InChI is InChI=1S/C8H16N/c1-7(6-9)8-4-2-3-5-8/h7-9H,2-6H2,1H3. The first-order chi connectivity index (χ1) is 4.34. The van der Waals surface area contributed by atoms with Crippen LogP contribution < -0.4 is 5.73 Å². The molecule has 0 aliphatic heterocycles. The Kier molecular flexibility index (Phi) is 2.52. The molecule has 1 nitrogen and oxygen atoms in total. The zero-order valence-electron chi connectivity index (χ0n) is 6.19. The third-order valence-electron chi connectivity index (χ3n) is 2.53. The van der Waals surface area contributed by atoms with Crippen molar-refractivity contribution in [1.29, 1.82) is 0 Å². The van der Waals surface area contributed by atoms with Crippen molar-refractivity contribution in [2.45, 2.75) is 32.6 Å². The maximum atomic E-state index is 7.17. The zero-order valence-corrected chi connectivity index (χ0v) is 6.19. The van der Waals surface area contributed by atoms with E-state index < -0.39 is 0 Å². The average molecular weight is 126 g/mol. The Morgan fingerprint density at radius 2 is 2.00 bits per heavy atom. The van der Waals surface area contributed by atoms with E-state index in [1.807, 2.05) is 0 Å². The summed E-state index contributed by atoms with van der Waals surface area (Å²) >= 11 is 0. The average Bonchev–Trinajstić information content (AvgIpc) is 2.37. The van der Waals surface area contributed by atoms with Gasteiger partial charge < -0.3 is 0 Å². The summed E-state index contributed by atoms with van der Waals surface area (Å²) in [5.41, 5.74) is 7.17. The van der Waals surface area contributed by atoms with Crippen LogP contribution in [-0.2, 0) is 0 Å². The first kappa shape index (κ1) is 7.07. The van der Waals surface area contributed by atoms with Gasteiger partial charge in [-0.3, -0.25) is 5.73 Å². The molecule has 1 atom stereocenters. The van der Waals surface area contributed by atoms with Crippen LogP contribution in [0.25, 0.3) is 0 Å². The Hall–Kier alpha value is -0.0400. The molecule has 1 unspecified atom stereocenters. The lowest BCUT2D eigenvalue weighted by Crippen LogP contribution is -2.12. The monoisotopic (exact) mass is 126 g/mol. The highest BCUT2D eigenvalue weighted by atomic mass is 14.5. The minimum absolute atomic E-state index is 0.630. The predicted molar refractivity (Wildman–Crippen MR) is 39.1 cm³/mol. The maximum Gasteiger partial charge on any atom is 0.0128 e. The second-order valence-electron chi connectivity index (χ2n) is 3.23. The van der Waals surface area contributed by atoms with Crippen LogP contribution in [0.1, 0.15) is 32.6 Å². The summed E-state index contributed by atoms with van der Waals surface area (Å²) in [6.07, 6.45) is 5.60. The van der Waals surface area contributed by atoms with E-state index in [-0.39, 0.29) is 0 Å². The van der Waals surface area contributed by atoms with E-state index in [1.165, 1.54) is 25.7 Å². The molecular formula is C8H16N. The molecule has 0 saturated heterocycles. The van der Waals surface area contributed by atoms with E-state index in [2.05, 4.69) is 6.92 Å². The lowest BCUT2D eigenvalue weighted by Gasteiger charge is -2.14. The quantitative estimate of drug-likeness (QED) is 0.541. The van der Waals surface area contributed by atoms with Gasteiger partial charge in [0.2, 0.25) is 0 Å². The molecule has 0 aromatic carbocycles. The molecule has 1 N–H and O–H groups in total. The summed E-state index contributed by atoms with van der Waals surface area (Å²) in [6, 6.07) is 0. The molecule has 0 amide bonds. The third kappa shape index (κ3) is 1.68. The molecule has 0 spiro atoms. The molecule has 0 bridgehead atoms. The maximum absolute atomic E-state index is 7.17. The van der Waals surface area contributed by atoms with Gasteiger partial charge in [-0.1, -0.05) is 32.6 Å². The molecule has 0 heterocycles. The fraction of sp³-hybridized carbons (Fsp3) is 1.00. The van der Waals surface area contributed by atoms with E-state index in [1.54, 1.807) is 0 Å². The lowest BCUT2D eigenvalue weighted by molar-refractivity contribution is 0.372. The zero-order chi connectivity index (χ0) is 6.69. The predicted octanol–water partition coefficient (Wildman–Crippen LogP) is 2.10. The first-order valence-electron chi connectivity index (χ1n) is 3.99. The van der Waals surface area contributed by atoms with Crippen LogP contribution in [-0.4, -0.2) is 6.54 Å². The fourth-order valence-corrected chi connectivity index (χ4v) is 1.69. The Morgan fingerprint density at radius 1 is 1.44 bits per heavy atom. The summed E-state index contributed by atoms with van der Waals surface area (Å²) in [5, 5.41) is 0. The van der Waals surface area contributed by atoms with Gasteiger partial charge in [0.15, 0.2) is 0 Å². The van der Waals surface area contributed by atoms with Crippen molar-refractivity contribution in [2.24, 2.45) is 11.8 Å². The molecule has 1 aliphatic carbocycles. The van der Waals surface area contributed by atoms with Crippen molar-refractivity contribution in [1.82, 2.24) is 5.73 Å². The summed E-state index contributed by atoms with van der Waals surface area (Å²) in [4.78, 5) is 0. The molecule has 1 radical (unpaired) electrons. The van der Waals surface area contributed by atoms with Gasteiger partial charge >= 0.3 is 0 Å². The highest BCUT2D eigenvalue weighted by molar-refractivity contribution is 4.72. The van der Waals surface area contributed by atoms with E-state index in [9.17, 15) is 0 Å². The van der Waals surface area contributed by atoms with Crippen LogP contribution in [0.4, 0.5) is 0 Å². The van der Waals surface area contributed by atoms with Crippen molar-refractivity contribution in [3.8, 4) is 0 Å². The van der Waals surface area contributed by atoms with Crippen molar-refractivity contribution < 1.29 is 0 Å². The van der Waals surface area contributed by atoms with Gasteiger partial charge in [-0.2, -0.15) is 0 Å². The van der Waals surface area contributed by atoms with Crippen LogP contribution in [0.2, 0.25) is 0 Å². The van der Waals surface area contributed by atoms with E-state index in [4.69, 9.17) is 5.73 Å². The van der Waals surface area contributed by atoms with Crippen LogP contribution >= 0.6 is 0 Å². The van der Waals surface area contributed by atoms with Gasteiger partial charge in [0.05, 0.1) is 0 Å². The first-order valence-corrected chi connectivity index (χ1v) is 3.99. The van der Waals surface area contributed by atoms with Gasteiger partial charge in [-0.15, -0.1) is 0 Å². The molecule has 9 heavy (non-hydrogen) atoms. The Morgan fingerprint density at radius 3 is 2.44 bits per heavy atom. The fourth-order valence-electron chi connectivity index (χ4n) is 1.69. The molecule has 53 valence electrons. The molecular weight excluding hydrogens is 110 g/mol. The highest BCUT2D eigenvalue weighted by Gasteiger charge is 2.19. The number of rotatable bonds is 2. The number of nitrogens with one attached hydrogen (secondary N) is 1. The van der Waals surface area contributed by atoms with Crippen LogP contribution in [0.15, 0.2) is 0 Å². The van der Waals surface area contributed by atoms with Crippen LogP contribution in [0, 0.1) is 11.8 Å². The second-order valence-corrected chi connectivity index (χ2v) is 3.23. The molecule has 1 heteroatoms. The van der Waals surface area contributed by atoms with Gasteiger partial charge in [0.1, 0.15) is 0 Å². The highest BCUT2D eigenvalue weighted by Crippen LogP contribution is 2.30. The smallest absolute Gasteiger partial charge is 0.0128 e. The topological polar surface area (TPSA) is 23.8 Å². The van der Waals surface area contributed by atoms with Crippen molar-refractivity contribution in [3.63, 3.8) is 0 Å². The van der Waals surface area contributed by atoms with Crippen LogP contribution in [0.5, 0.6) is 0 Å². The van der Waals surface area contributed by atoms with Crippen molar-refractivity contribution >= 4 is 0 Å². The Balaban J connectivity index is 2.24. The largest absolute Gasteiger partial charge is 0.258 e. The van der Waals surface area contributed by atoms with Crippen LogP contribution in [0.3, 0.4) is 0 Å². The van der Waals surface area contributed by atoms with Gasteiger partial charge in [-0.05, 0) is 11.8 Å². The molecule has 0 aromatic heterocycles. The van der Waals surface area contributed by atoms with Gasteiger partial charge in [-0.25, -0.2) is 0 Å². The molecule has 0 aromatic rings.